The first-order valence-electron chi connectivity index (χ1n) is 6.79. The van der Waals surface area contributed by atoms with Gasteiger partial charge >= 0.3 is 0 Å². The molecule has 3 heteroatoms. The molecule has 2 atom stereocenters. The topological polar surface area (TPSA) is 43.8 Å². The normalized spacial score (nSPS) is 29.1. The number of aromatic nitrogens is 2. The van der Waals surface area contributed by atoms with Gasteiger partial charge in [0.15, 0.2) is 0 Å². The molecule has 0 aromatic carbocycles. The minimum absolute atomic E-state index is 0.315. The SMILES string of the molecule is CC1CCC(CN)(Cc2ccn(C(C)C)n2)C1. The summed E-state index contributed by atoms with van der Waals surface area (Å²) in [6.07, 6.45) is 6.98. The Balaban J connectivity index is 2.08. The molecule has 0 aliphatic heterocycles. The van der Waals surface area contributed by atoms with Crippen LogP contribution in [0.5, 0.6) is 0 Å². The van der Waals surface area contributed by atoms with Crippen LogP contribution in [0.4, 0.5) is 0 Å². The van der Waals surface area contributed by atoms with E-state index in [9.17, 15) is 0 Å². The van der Waals surface area contributed by atoms with E-state index in [1.807, 2.05) is 4.68 Å². The lowest BCUT2D eigenvalue weighted by Gasteiger charge is -2.26. The minimum atomic E-state index is 0.315. The van der Waals surface area contributed by atoms with E-state index < -0.39 is 0 Å². The lowest BCUT2D eigenvalue weighted by atomic mass is 9.81. The van der Waals surface area contributed by atoms with Crippen LogP contribution < -0.4 is 5.73 Å². The first-order valence-corrected chi connectivity index (χ1v) is 6.79. The van der Waals surface area contributed by atoms with Crippen molar-refractivity contribution in [3.05, 3.63) is 18.0 Å². The van der Waals surface area contributed by atoms with Gasteiger partial charge in [0.1, 0.15) is 0 Å². The van der Waals surface area contributed by atoms with Gasteiger partial charge in [-0.2, -0.15) is 5.10 Å². The smallest absolute Gasteiger partial charge is 0.0630 e. The molecule has 96 valence electrons. The second-order valence-electron chi connectivity index (χ2n) is 6.11. The third-order valence-corrected chi connectivity index (χ3v) is 4.13. The van der Waals surface area contributed by atoms with Crippen LogP contribution in [0.3, 0.4) is 0 Å². The third-order valence-electron chi connectivity index (χ3n) is 4.13. The van der Waals surface area contributed by atoms with Crippen molar-refractivity contribution in [2.45, 2.75) is 52.5 Å². The predicted molar refractivity (Wildman–Crippen MR) is 70.8 cm³/mol. The van der Waals surface area contributed by atoms with Crippen LogP contribution in [0.2, 0.25) is 0 Å². The van der Waals surface area contributed by atoms with E-state index in [2.05, 4.69) is 38.1 Å². The van der Waals surface area contributed by atoms with Crippen LogP contribution >= 0.6 is 0 Å². The highest BCUT2D eigenvalue weighted by Gasteiger charge is 2.36. The molecule has 1 saturated carbocycles. The monoisotopic (exact) mass is 235 g/mol. The maximum absolute atomic E-state index is 6.01. The molecular weight excluding hydrogens is 210 g/mol. The lowest BCUT2D eigenvalue weighted by molar-refractivity contribution is 0.291. The molecule has 3 nitrogen and oxygen atoms in total. The zero-order chi connectivity index (χ0) is 12.5. The van der Waals surface area contributed by atoms with Gasteiger partial charge in [0.2, 0.25) is 0 Å². The van der Waals surface area contributed by atoms with Gasteiger partial charge in [-0.25, -0.2) is 0 Å². The second-order valence-corrected chi connectivity index (χ2v) is 6.11. The fourth-order valence-electron chi connectivity index (χ4n) is 3.06. The van der Waals surface area contributed by atoms with Gasteiger partial charge in [-0.3, -0.25) is 4.68 Å². The molecule has 1 heterocycles. The average Bonchev–Trinajstić information content (AvgIpc) is 2.87. The summed E-state index contributed by atoms with van der Waals surface area (Å²) in [4.78, 5) is 0. The largest absolute Gasteiger partial charge is 0.330 e. The molecule has 1 aliphatic rings. The fraction of sp³-hybridized carbons (Fsp3) is 0.786. The standard InChI is InChI=1S/C14H25N3/c1-11(2)17-7-5-13(16-17)9-14(10-15)6-4-12(3)8-14/h5,7,11-12H,4,6,8-10,15H2,1-3H3. The number of nitrogens with zero attached hydrogens (tertiary/aromatic N) is 2. The minimum Gasteiger partial charge on any atom is -0.330 e. The van der Waals surface area contributed by atoms with E-state index in [1.54, 1.807) is 0 Å². The van der Waals surface area contributed by atoms with Crippen molar-refractivity contribution in [1.29, 1.82) is 0 Å². The maximum Gasteiger partial charge on any atom is 0.0630 e. The quantitative estimate of drug-likeness (QED) is 0.872. The first-order chi connectivity index (χ1) is 8.04. The van der Waals surface area contributed by atoms with Crippen LogP contribution in [-0.2, 0) is 6.42 Å². The molecular formula is C14H25N3. The summed E-state index contributed by atoms with van der Waals surface area (Å²) in [5.74, 6) is 0.825. The highest BCUT2D eigenvalue weighted by atomic mass is 15.3. The summed E-state index contributed by atoms with van der Waals surface area (Å²) in [5, 5.41) is 4.65. The van der Waals surface area contributed by atoms with Gasteiger partial charge in [0.25, 0.3) is 0 Å². The Kier molecular flexibility index (Phi) is 3.57. The third kappa shape index (κ3) is 2.71. The maximum atomic E-state index is 6.01. The van der Waals surface area contributed by atoms with E-state index in [-0.39, 0.29) is 0 Å². The molecule has 0 spiro atoms. The van der Waals surface area contributed by atoms with Gasteiger partial charge in [0, 0.05) is 12.2 Å². The molecule has 1 aromatic rings. The van der Waals surface area contributed by atoms with E-state index in [4.69, 9.17) is 5.73 Å². The number of hydrogen-bond donors (Lipinski definition) is 1. The number of rotatable bonds is 4. The molecule has 1 aliphatic carbocycles. The van der Waals surface area contributed by atoms with Gasteiger partial charge in [0.05, 0.1) is 5.69 Å². The van der Waals surface area contributed by atoms with Gasteiger partial charge in [-0.15, -0.1) is 0 Å². The Hall–Kier alpha value is -0.830. The molecule has 1 fully saturated rings. The van der Waals surface area contributed by atoms with Crippen molar-refractivity contribution in [3.63, 3.8) is 0 Å². The predicted octanol–water partition coefficient (Wildman–Crippen LogP) is 2.77. The van der Waals surface area contributed by atoms with Crippen molar-refractivity contribution >= 4 is 0 Å². The summed E-state index contributed by atoms with van der Waals surface area (Å²) >= 11 is 0. The Morgan fingerprint density at radius 2 is 2.35 bits per heavy atom. The highest BCUT2D eigenvalue weighted by molar-refractivity contribution is 5.06. The summed E-state index contributed by atoms with van der Waals surface area (Å²) < 4.78 is 2.04. The molecule has 0 saturated heterocycles. The van der Waals surface area contributed by atoms with Gasteiger partial charge < -0.3 is 5.73 Å². The average molecular weight is 235 g/mol. The Bertz CT molecular complexity index is 369. The Labute approximate surface area is 104 Å². The molecule has 0 radical (unpaired) electrons. The molecule has 0 bridgehead atoms. The molecule has 2 rings (SSSR count). The lowest BCUT2D eigenvalue weighted by Crippen LogP contribution is -2.30. The van der Waals surface area contributed by atoms with E-state index in [0.717, 1.165) is 18.9 Å². The summed E-state index contributed by atoms with van der Waals surface area (Å²) in [6, 6.07) is 2.60. The molecule has 1 aromatic heterocycles. The summed E-state index contributed by atoms with van der Waals surface area (Å²) in [6.45, 7) is 7.45. The van der Waals surface area contributed by atoms with E-state index in [1.165, 1.54) is 25.0 Å². The van der Waals surface area contributed by atoms with E-state index >= 15 is 0 Å². The Morgan fingerprint density at radius 1 is 1.59 bits per heavy atom. The fourth-order valence-corrected chi connectivity index (χ4v) is 3.06. The number of nitrogens with two attached hydrogens (primary N) is 1. The van der Waals surface area contributed by atoms with Crippen LogP contribution in [0.25, 0.3) is 0 Å². The Morgan fingerprint density at radius 3 is 2.82 bits per heavy atom. The number of hydrogen-bond acceptors (Lipinski definition) is 2. The highest BCUT2D eigenvalue weighted by Crippen LogP contribution is 2.43. The van der Waals surface area contributed by atoms with Crippen LogP contribution in [0, 0.1) is 11.3 Å². The zero-order valence-corrected chi connectivity index (χ0v) is 11.3. The van der Waals surface area contributed by atoms with E-state index in [0.29, 0.717) is 11.5 Å². The van der Waals surface area contributed by atoms with Crippen molar-refractivity contribution in [1.82, 2.24) is 9.78 Å². The van der Waals surface area contributed by atoms with Crippen LogP contribution in [-0.4, -0.2) is 16.3 Å². The van der Waals surface area contributed by atoms with Crippen molar-refractivity contribution in [2.24, 2.45) is 17.1 Å². The molecule has 2 N–H and O–H groups in total. The van der Waals surface area contributed by atoms with Crippen molar-refractivity contribution in [2.75, 3.05) is 6.54 Å². The summed E-state index contributed by atoms with van der Waals surface area (Å²) in [5.41, 5.74) is 7.53. The second kappa shape index (κ2) is 4.81. The van der Waals surface area contributed by atoms with Crippen LogP contribution in [0.15, 0.2) is 12.3 Å². The van der Waals surface area contributed by atoms with Crippen LogP contribution in [0.1, 0.15) is 51.8 Å². The molecule has 0 amide bonds. The van der Waals surface area contributed by atoms with Crippen molar-refractivity contribution in [3.8, 4) is 0 Å². The van der Waals surface area contributed by atoms with Gasteiger partial charge in [-0.05, 0) is 57.1 Å². The van der Waals surface area contributed by atoms with Gasteiger partial charge in [-0.1, -0.05) is 13.3 Å². The molecule has 2 unspecified atom stereocenters. The van der Waals surface area contributed by atoms with Crippen molar-refractivity contribution < 1.29 is 0 Å². The zero-order valence-electron chi connectivity index (χ0n) is 11.3. The summed E-state index contributed by atoms with van der Waals surface area (Å²) in [7, 11) is 0. The first kappa shape index (κ1) is 12.6. The molecule has 17 heavy (non-hydrogen) atoms.